The summed E-state index contributed by atoms with van der Waals surface area (Å²) in [6, 6.07) is 23.7. The van der Waals surface area contributed by atoms with Gasteiger partial charge in [-0.3, -0.25) is 0 Å². The van der Waals surface area contributed by atoms with Crippen molar-refractivity contribution >= 4 is 43.5 Å². The fraction of sp³-hybridized carbons (Fsp3) is 0.0800. The van der Waals surface area contributed by atoms with E-state index in [1.165, 1.54) is 49.1 Å². The van der Waals surface area contributed by atoms with Crippen LogP contribution in [0.4, 0.5) is 0 Å². The number of fused-ring (bicyclic) bond motifs is 3. The van der Waals surface area contributed by atoms with Crippen LogP contribution in [0.2, 0.25) is 0 Å². The first-order chi connectivity index (χ1) is 13.2. The van der Waals surface area contributed by atoms with Gasteiger partial charge in [-0.05, 0) is 46.7 Å². The quantitative estimate of drug-likeness (QED) is 0.258. The Morgan fingerprint density at radius 1 is 0.741 bits per heavy atom. The maximum Gasteiger partial charge on any atom is 0.212 e. The summed E-state index contributed by atoms with van der Waals surface area (Å²) in [5, 5.41) is 7.59. The summed E-state index contributed by atoms with van der Waals surface area (Å²) in [6.45, 7) is 2.17. The van der Waals surface area contributed by atoms with Crippen molar-refractivity contribution in [3.05, 3.63) is 78.5 Å². The van der Waals surface area contributed by atoms with E-state index >= 15 is 0 Å². The molecule has 128 valence electrons. The Morgan fingerprint density at radius 2 is 1.48 bits per heavy atom. The monoisotopic (exact) mass is 348 g/mol. The van der Waals surface area contributed by atoms with Crippen molar-refractivity contribution in [2.45, 2.75) is 6.92 Å². The van der Waals surface area contributed by atoms with Gasteiger partial charge < -0.3 is 4.42 Å². The summed E-state index contributed by atoms with van der Waals surface area (Å²) in [7, 11) is 2.09. The molecule has 0 bridgehead atoms. The number of aryl methyl sites for hydroxylation is 2. The Hall–Kier alpha value is -3.39. The Kier molecular flexibility index (Phi) is 2.77. The molecule has 2 heteroatoms. The third-order valence-corrected chi connectivity index (χ3v) is 5.86. The highest BCUT2D eigenvalue weighted by molar-refractivity contribution is 6.33. The fourth-order valence-electron chi connectivity index (χ4n) is 4.58. The molecule has 0 unspecified atom stereocenters. The number of aromatic nitrogens is 1. The van der Waals surface area contributed by atoms with Crippen LogP contribution in [0, 0.1) is 6.92 Å². The number of pyridine rings is 1. The molecule has 0 aliphatic heterocycles. The normalized spacial score (nSPS) is 12.1. The van der Waals surface area contributed by atoms with Crippen LogP contribution in [0.25, 0.3) is 54.7 Å². The number of rotatable bonds is 1. The van der Waals surface area contributed by atoms with Crippen LogP contribution in [0.1, 0.15) is 5.56 Å². The lowest BCUT2D eigenvalue weighted by Crippen LogP contribution is -2.30. The van der Waals surface area contributed by atoms with E-state index in [0.717, 1.165) is 11.2 Å². The zero-order valence-electron chi connectivity index (χ0n) is 15.3. The van der Waals surface area contributed by atoms with E-state index < -0.39 is 0 Å². The molecule has 6 aromatic rings. The molecule has 0 saturated heterocycles. The highest BCUT2D eigenvalue weighted by Gasteiger charge is 2.22. The summed E-state index contributed by atoms with van der Waals surface area (Å²) in [5.41, 5.74) is 5.58. The van der Waals surface area contributed by atoms with Crippen LogP contribution in [0.3, 0.4) is 0 Å². The summed E-state index contributed by atoms with van der Waals surface area (Å²) in [5.74, 6) is 0. The molecule has 27 heavy (non-hydrogen) atoms. The third-order valence-electron chi connectivity index (χ3n) is 5.86. The van der Waals surface area contributed by atoms with Crippen LogP contribution in [-0.2, 0) is 7.05 Å². The highest BCUT2D eigenvalue weighted by Crippen LogP contribution is 2.45. The van der Waals surface area contributed by atoms with Crippen molar-refractivity contribution < 1.29 is 8.98 Å². The van der Waals surface area contributed by atoms with Crippen molar-refractivity contribution in [2.75, 3.05) is 0 Å². The Balaban J connectivity index is 1.93. The number of hydrogen-bond donors (Lipinski definition) is 0. The first kappa shape index (κ1) is 14.7. The minimum Gasteiger partial charge on any atom is -0.456 e. The Morgan fingerprint density at radius 3 is 2.30 bits per heavy atom. The van der Waals surface area contributed by atoms with Gasteiger partial charge in [0.1, 0.15) is 18.2 Å². The van der Waals surface area contributed by atoms with E-state index in [1.807, 2.05) is 0 Å². The first-order valence-corrected chi connectivity index (χ1v) is 9.27. The van der Waals surface area contributed by atoms with Crippen LogP contribution in [0.15, 0.2) is 77.3 Å². The first-order valence-electron chi connectivity index (χ1n) is 9.27. The van der Waals surface area contributed by atoms with Crippen LogP contribution in [-0.4, -0.2) is 0 Å². The number of nitrogens with zero attached hydrogens (tertiary/aromatic N) is 1. The summed E-state index contributed by atoms with van der Waals surface area (Å²) < 4.78 is 8.58. The SMILES string of the molecule is Cc1c(-c2cccc[n+]2C)cc2c3ccccc3c3cccc4oc1c2c43. The van der Waals surface area contributed by atoms with E-state index in [9.17, 15) is 0 Å². The molecular weight excluding hydrogens is 330 g/mol. The molecule has 0 radical (unpaired) electrons. The van der Waals surface area contributed by atoms with Crippen molar-refractivity contribution in [3.8, 4) is 11.3 Å². The molecular formula is C25H18NO+. The van der Waals surface area contributed by atoms with Gasteiger partial charge in [0.05, 0.1) is 5.56 Å². The average molecular weight is 348 g/mol. The van der Waals surface area contributed by atoms with Gasteiger partial charge in [-0.2, -0.15) is 0 Å². The lowest BCUT2D eigenvalue weighted by molar-refractivity contribution is -0.660. The maximum absolute atomic E-state index is 6.41. The Labute approximate surface area is 156 Å². The molecule has 0 fully saturated rings. The van der Waals surface area contributed by atoms with Gasteiger partial charge >= 0.3 is 0 Å². The molecule has 0 aliphatic rings. The second-order valence-electron chi connectivity index (χ2n) is 7.32. The molecule has 2 nitrogen and oxygen atoms in total. The van der Waals surface area contributed by atoms with Gasteiger partial charge in [0.15, 0.2) is 6.20 Å². The van der Waals surface area contributed by atoms with Gasteiger partial charge in [0.25, 0.3) is 0 Å². The van der Waals surface area contributed by atoms with Gasteiger partial charge in [-0.15, -0.1) is 0 Å². The topological polar surface area (TPSA) is 17.0 Å². The smallest absolute Gasteiger partial charge is 0.212 e. The van der Waals surface area contributed by atoms with Gasteiger partial charge in [-0.25, -0.2) is 4.57 Å². The van der Waals surface area contributed by atoms with Crippen molar-refractivity contribution in [1.82, 2.24) is 0 Å². The van der Waals surface area contributed by atoms with E-state index in [1.54, 1.807) is 0 Å². The summed E-state index contributed by atoms with van der Waals surface area (Å²) in [4.78, 5) is 0. The molecule has 0 N–H and O–H groups in total. The second-order valence-corrected chi connectivity index (χ2v) is 7.32. The third kappa shape index (κ3) is 1.82. The van der Waals surface area contributed by atoms with E-state index in [2.05, 4.69) is 91.5 Å². The number of benzene rings is 4. The summed E-state index contributed by atoms with van der Waals surface area (Å²) in [6.07, 6.45) is 2.09. The number of furan rings is 1. The molecule has 0 saturated carbocycles. The zero-order chi connectivity index (χ0) is 18.1. The van der Waals surface area contributed by atoms with Crippen molar-refractivity contribution in [3.63, 3.8) is 0 Å². The van der Waals surface area contributed by atoms with E-state index in [4.69, 9.17) is 4.42 Å². The second kappa shape index (κ2) is 5.08. The lowest BCUT2D eigenvalue weighted by Gasteiger charge is -2.11. The van der Waals surface area contributed by atoms with Crippen LogP contribution in [0.5, 0.6) is 0 Å². The van der Waals surface area contributed by atoms with Crippen LogP contribution >= 0.6 is 0 Å². The molecule has 4 aromatic carbocycles. The maximum atomic E-state index is 6.41. The zero-order valence-corrected chi connectivity index (χ0v) is 15.3. The van der Waals surface area contributed by atoms with Crippen molar-refractivity contribution in [2.24, 2.45) is 7.05 Å². The standard InChI is InChI=1S/C25H18NO/c1-15-19(21-11-5-6-13-26(21)2)14-20-17-9-4-3-8-16(17)18-10-7-12-22-23(18)24(20)25(15)27-22/h3-14H,1-2H3/q+1. The van der Waals surface area contributed by atoms with E-state index in [-0.39, 0.29) is 0 Å². The largest absolute Gasteiger partial charge is 0.456 e. The molecule has 0 atom stereocenters. The average Bonchev–Trinajstić information content (AvgIpc) is 3.10. The molecule has 0 spiro atoms. The van der Waals surface area contributed by atoms with Crippen molar-refractivity contribution in [1.29, 1.82) is 0 Å². The predicted molar refractivity (Wildman–Crippen MR) is 111 cm³/mol. The Bertz CT molecular complexity index is 1490. The summed E-state index contributed by atoms with van der Waals surface area (Å²) >= 11 is 0. The number of hydrogen-bond acceptors (Lipinski definition) is 1. The molecule has 0 amide bonds. The van der Waals surface area contributed by atoms with Gasteiger partial charge in [0, 0.05) is 28.5 Å². The minimum absolute atomic E-state index is 0.968. The lowest BCUT2D eigenvalue weighted by atomic mass is 9.90. The van der Waals surface area contributed by atoms with Gasteiger partial charge in [0.2, 0.25) is 5.69 Å². The van der Waals surface area contributed by atoms with E-state index in [0.29, 0.717) is 0 Å². The minimum atomic E-state index is 0.968. The van der Waals surface area contributed by atoms with Crippen LogP contribution < -0.4 is 4.57 Å². The molecule has 2 heterocycles. The van der Waals surface area contributed by atoms with Gasteiger partial charge in [-0.1, -0.05) is 36.4 Å². The molecule has 6 rings (SSSR count). The fourth-order valence-corrected chi connectivity index (χ4v) is 4.58. The molecule has 2 aromatic heterocycles. The molecule has 0 aliphatic carbocycles. The highest BCUT2D eigenvalue weighted by atomic mass is 16.3. The predicted octanol–water partition coefficient (Wildman–Crippen LogP) is 6.13.